The third kappa shape index (κ3) is 5.64. The third-order valence-electron chi connectivity index (χ3n) is 4.29. The Kier molecular flexibility index (Phi) is 6.09. The fourth-order valence-corrected chi connectivity index (χ4v) is 3.74. The number of alkyl halides is 3. The van der Waals surface area contributed by atoms with Gasteiger partial charge in [0.05, 0.1) is 5.69 Å². The van der Waals surface area contributed by atoms with Crippen LogP contribution in [0.4, 0.5) is 29.3 Å². The molecule has 0 spiro atoms. The van der Waals surface area contributed by atoms with Crippen LogP contribution < -0.4 is 15.4 Å². The van der Waals surface area contributed by atoms with E-state index in [1.165, 1.54) is 23.5 Å². The first-order chi connectivity index (χ1) is 15.4. The highest BCUT2D eigenvalue weighted by atomic mass is 32.1. The van der Waals surface area contributed by atoms with Crippen molar-refractivity contribution in [3.63, 3.8) is 0 Å². The number of carbonyl (C=O) groups excluding carboxylic acids is 1. The number of aromatic nitrogens is 1. The van der Waals surface area contributed by atoms with E-state index >= 15 is 0 Å². The fourth-order valence-electron chi connectivity index (χ4n) is 2.91. The van der Waals surface area contributed by atoms with Crippen LogP contribution in [0.25, 0.3) is 21.8 Å². The van der Waals surface area contributed by atoms with Crippen LogP contribution in [0.3, 0.4) is 0 Å². The molecule has 32 heavy (non-hydrogen) atoms. The number of hydrogen-bond acceptors (Lipinski definition) is 4. The van der Waals surface area contributed by atoms with Crippen molar-refractivity contribution in [2.45, 2.75) is 6.36 Å². The van der Waals surface area contributed by atoms with Gasteiger partial charge in [-0.25, -0.2) is 9.78 Å². The van der Waals surface area contributed by atoms with E-state index in [9.17, 15) is 18.0 Å². The molecule has 0 atom stereocenters. The molecule has 162 valence electrons. The molecule has 0 saturated heterocycles. The van der Waals surface area contributed by atoms with Gasteiger partial charge in [0.15, 0.2) is 0 Å². The molecular formula is C23H16F3N3O2S. The standard InChI is InChI=1S/C23H16F3N3O2S/c24-23(25,26)31-19-11-9-17(10-12-19)27-22(30)28-18-8-4-7-16(13-18)20-14-32-21(29-20)15-5-2-1-3-6-15/h1-14H,(H2,27,28,30). The summed E-state index contributed by atoms with van der Waals surface area (Å²) in [5.74, 6) is -0.366. The Balaban J connectivity index is 1.41. The van der Waals surface area contributed by atoms with Crippen LogP contribution in [-0.4, -0.2) is 17.4 Å². The van der Waals surface area contributed by atoms with Gasteiger partial charge in [-0.1, -0.05) is 42.5 Å². The Hall–Kier alpha value is -3.85. The van der Waals surface area contributed by atoms with Crippen molar-refractivity contribution in [1.29, 1.82) is 0 Å². The second kappa shape index (κ2) is 9.11. The lowest BCUT2D eigenvalue weighted by Gasteiger charge is -2.11. The maximum Gasteiger partial charge on any atom is 0.573 e. The van der Waals surface area contributed by atoms with E-state index in [2.05, 4.69) is 20.4 Å². The second-order valence-electron chi connectivity index (χ2n) is 6.64. The number of amides is 2. The summed E-state index contributed by atoms with van der Waals surface area (Å²) in [7, 11) is 0. The normalized spacial score (nSPS) is 11.1. The van der Waals surface area contributed by atoms with Gasteiger partial charge in [0, 0.05) is 27.9 Å². The summed E-state index contributed by atoms with van der Waals surface area (Å²) >= 11 is 1.53. The highest BCUT2D eigenvalue weighted by Crippen LogP contribution is 2.30. The van der Waals surface area contributed by atoms with Gasteiger partial charge < -0.3 is 15.4 Å². The Morgan fingerprint density at radius 2 is 1.53 bits per heavy atom. The van der Waals surface area contributed by atoms with Gasteiger partial charge in [0.25, 0.3) is 0 Å². The lowest BCUT2D eigenvalue weighted by Crippen LogP contribution is -2.19. The van der Waals surface area contributed by atoms with E-state index in [1.54, 1.807) is 18.2 Å². The van der Waals surface area contributed by atoms with Crippen molar-refractivity contribution in [2.24, 2.45) is 0 Å². The molecule has 0 bridgehead atoms. The molecule has 5 nitrogen and oxygen atoms in total. The summed E-state index contributed by atoms with van der Waals surface area (Å²) in [5.41, 5.74) is 3.53. The number of nitrogens with zero attached hydrogens (tertiary/aromatic N) is 1. The van der Waals surface area contributed by atoms with Gasteiger partial charge in [-0.15, -0.1) is 24.5 Å². The van der Waals surface area contributed by atoms with Crippen LogP contribution in [0.2, 0.25) is 0 Å². The van der Waals surface area contributed by atoms with Crippen LogP contribution >= 0.6 is 11.3 Å². The lowest BCUT2D eigenvalue weighted by molar-refractivity contribution is -0.274. The molecule has 0 aliphatic carbocycles. The maximum absolute atomic E-state index is 12.3. The number of ether oxygens (including phenoxy) is 1. The van der Waals surface area contributed by atoms with Gasteiger partial charge in [-0.2, -0.15) is 0 Å². The van der Waals surface area contributed by atoms with Crippen molar-refractivity contribution in [1.82, 2.24) is 4.98 Å². The molecule has 9 heteroatoms. The summed E-state index contributed by atoms with van der Waals surface area (Å²) in [6.07, 6.45) is -4.77. The van der Waals surface area contributed by atoms with Gasteiger partial charge in [-0.05, 0) is 36.4 Å². The summed E-state index contributed by atoms with van der Waals surface area (Å²) in [6, 6.07) is 21.4. The lowest BCUT2D eigenvalue weighted by atomic mass is 10.1. The molecule has 3 aromatic carbocycles. The van der Waals surface area contributed by atoms with Crippen molar-refractivity contribution in [3.8, 4) is 27.6 Å². The molecule has 2 amide bonds. The van der Waals surface area contributed by atoms with Crippen LogP contribution in [0.15, 0.2) is 84.2 Å². The first-order valence-electron chi connectivity index (χ1n) is 9.41. The van der Waals surface area contributed by atoms with Crippen LogP contribution in [0, 0.1) is 0 Å². The van der Waals surface area contributed by atoms with E-state index in [0.29, 0.717) is 11.4 Å². The Morgan fingerprint density at radius 1 is 0.844 bits per heavy atom. The summed E-state index contributed by atoms with van der Waals surface area (Å²) < 4.78 is 40.5. The largest absolute Gasteiger partial charge is 0.573 e. The molecule has 4 rings (SSSR count). The van der Waals surface area contributed by atoms with Crippen molar-refractivity contribution >= 4 is 28.7 Å². The molecule has 0 saturated carbocycles. The van der Waals surface area contributed by atoms with Gasteiger partial charge in [0.1, 0.15) is 10.8 Å². The number of thiazole rings is 1. The van der Waals surface area contributed by atoms with Gasteiger partial charge >= 0.3 is 12.4 Å². The Bertz CT molecular complexity index is 1210. The highest BCUT2D eigenvalue weighted by Gasteiger charge is 2.30. The van der Waals surface area contributed by atoms with Crippen molar-refractivity contribution < 1.29 is 22.7 Å². The monoisotopic (exact) mass is 455 g/mol. The van der Waals surface area contributed by atoms with Crippen LogP contribution in [0.1, 0.15) is 0 Å². The Labute approximate surface area is 185 Å². The molecule has 0 unspecified atom stereocenters. The van der Waals surface area contributed by atoms with Crippen molar-refractivity contribution in [3.05, 3.63) is 84.2 Å². The van der Waals surface area contributed by atoms with E-state index in [1.807, 2.05) is 41.8 Å². The minimum atomic E-state index is -4.77. The SMILES string of the molecule is O=C(Nc1ccc(OC(F)(F)F)cc1)Nc1cccc(-c2csc(-c3ccccc3)n2)c1. The summed E-state index contributed by atoms with van der Waals surface area (Å²) in [6.45, 7) is 0. The molecule has 0 aliphatic rings. The van der Waals surface area contributed by atoms with Crippen LogP contribution in [-0.2, 0) is 0 Å². The Morgan fingerprint density at radius 3 is 2.25 bits per heavy atom. The molecule has 1 heterocycles. The molecule has 0 radical (unpaired) electrons. The predicted molar refractivity (Wildman–Crippen MR) is 119 cm³/mol. The van der Waals surface area contributed by atoms with E-state index < -0.39 is 12.4 Å². The highest BCUT2D eigenvalue weighted by molar-refractivity contribution is 7.13. The number of urea groups is 1. The maximum atomic E-state index is 12.3. The predicted octanol–water partition coefficient (Wildman–Crippen LogP) is 7.02. The average Bonchev–Trinajstić information content (AvgIpc) is 3.25. The first kappa shape index (κ1) is 21.4. The number of carbonyl (C=O) groups is 1. The summed E-state index contributed by atoms with van der Waals surface area (Å²) in [4.78, 5) is 17.0. The molecule has 4 aromatic rings. The van der Waals surface area contributed by atoms with Gasteiger partial charge in [0.2, 0.25) is 0 Å². The summed E-state index contributed by atoms with van der Waals surface area (Å²) in [5, 5.41) is 8.12. The minimum absolute atomic E-state index is 0.320. The first-order valence-corrected chi connectivity index (χ1v) is 10.3. The molecule has 2 N–H and O–H groups in total. The zero-order valence-corrected chi connectivity index (χ0v) is 17.2. The molecule has 0 fully saturated rings. The number of benzene rings is 3. The fraction of sp³-hybridized carbons (Fsp3) is 0.0435. The van der Waals surface area contributed by atoms with Gasteiger partial charge in [-0.3, -0.25) is 0 Å². The van der Waals surface area contributed by atoms with E-state index in [-0.39, 0.29) is 5.75 Å². The number of halogens is 3. The molecule has 1 aromatic heterocycles. The van der Waals surface area contributed by atoms with Crippen LogP contribution in [0.5, 0.6) is 5.75 Å². The zero-order valence-electron chi connectivity index (χ0n) is 16.4. The average molecular weight is 455 g/mol. The number of nitrogens with one attached hydrogen (secondary N) is 2. The molecule has 0 aliphatic heterocycles. The second-order valence-corrected chi connectivity index (χ2v) is 7.49. The number of rotatable bonds is 5. The zero-order chi connectivity index (χ0) is 22.6. The molecular weight excluding hydrogens is 439 g/mol. The quantitative estimate of drug-likeness (QED) is 0.340. The minimum Gasteiger partial charge on any atom is -0.406 e. The topological polar surface area (TPSA) is 63.2 Å². The number of hydrogen-bond donors (Lipinski definition) is 2. The third-order valence-corrected chi connectivity index (χ3v) is 5.18. The smallest absolute Gasteiger partial charge is 0.406 e. The van der Waals surface area contributed by atoms with E-state index in [4.69, 9.17) is 0 Å². The number of anilines is 2. The van der Waals surface area contributed by atoms with Crippen molar-refractivity contribution in [2.75, 3.05) is 10.6 Å². The van der Waals surface area contributed by atoms with E-state index in [0.717, 1.165) is 34.0 Å².